The molecule has 2 heterocycles. The number of carbonyl (C=O) groups is 2. The highest BCUT2D eigenvalue weighted by molar-refractivity contribution is 6.05. The van der Waals surface area contributed by atoms with E-state index in [9.17, 15) is 18.4 Å². The smallest absolute Gasteiger partial charge is 0.269 e. The molecular weight excluding hydrogens is 372 g/mol. The van der Waals surface area contributed by atoms with Crippen LogP contribution < -0.4 is 10.6 Å². The van der Waals surface area contributed by atoms with Crippen LogP contribution in [0.25, 0.3) is 0 Å². The van der Waals surface area contributed by atoms with Crippen LogP contribution in [-0.4, -0.2) is 27.0 Å². The van der Waals surface area contributed by atoms with E-state index in [0.717, 1.165) is 12.1 Å². The number of aromatic nitrogens is 3. The Morgan fingerprint density at radius 3 is 2.50 bits per heavy atom. The lowest BCUT2D eigenvalue weighted by molar-refractivity contribution is 0.0942. The minimum atomic E-state index is -1.13. The quantitative estimate of drug-likeness (QED) is 0.621. The summed E-state index contributed by atoms with van der Waals surface area (Å²) < 4.78 is 31.9. The Hall–Kier alpha value is -3.56. The van der Waals surface area contributed by atoms with Crippen molar-refractivity contribution in [3.05, 3.63) is 64.0 Å². The maximum absolute atomic E-state index is 13.4. The van der Waals surface area contributed by atoms with E-state index in [2.05, 4.69) is 25.8 Å². The largest absolute Gasteiger partial charge is 0.444 e. The first kappa shape index (κ1) is 19.2. The predicted octanol–water partition coefficient (Wildman–Crippen LogP) is 2.78. The third-order valence-corrected chi connectivity index (χ3v) is 3.99. The van der Waals surface area contributed by atoms with Gasteiger partial charge in [-0.25, -0.2) is 13.8 Å². The summed E-state index contributed by atoms with van der Waals surface area (Å²) >= 11 is 0. The maximum Gasteiger partial charge on any atom is 0.269 e. The molecule has 3 aromatic rings. The highest BCUT2D eigenvalue weighted by Crippen LogP contribution is 2.16. The fourth-order valence-electron chi connectivity index (χ4n) is 2.57. The van der Waals surface area contributed by atoms with Gasteiger partial charge in [-0.2, -0.15) is 5.10 Å². The maximum atomic E-state index is 13.4. The molecule has 0 atom stereocenters. The minimum absolute atomic E-state index is 0.0379. The van der Waals surface area contributed by atoms with Gasteiger partial charge in [-0.05, 0) is 31.5 Å². The van der Waals surface area contributed by atoms with Crippen LogP contribution in [0, 0.1) is 32.4 Å². The molecule has 146 valence electrons. The zero-order valence-electron chi connectivity index (χ0n) is 15.3. The number of halogens is 2. The first-order chi connectivity index (χ1) is 13.2. The van der Waals surface area contributed by atoms with Gasteiger partial charge in [0.25, 0.3) is 11.8 Å². The van der Waals surface area contributed by atoms with E-state index < -0.39 is 23.4 Å². The summed E-state index contributed by atoms with van der Waals surface area (Å²) in [7, 11) is 0. The molecule has 8 nitrogen and oxygen atoms in total. The summed E-state index contributed by atoms with van der Waals surface area (Å²) in [6.07, 6.45) is 0. The van der Waals surface area contributed by atoms with Crippen LogP contribution in [0.5, 0.6) is 0 Å². The second-order valence-electron chi connectivity index (χ2n) is 6.13. The number of benzene rings is 1. The molecule has 3 N–H and O–H groups in total. The van der Waals surface area contributed by atoms with E-state index in [-0.39, 0.29) is 29.2 Å². The third kappa shape index (κ3) is 4.05. The molecule has 10 heteroatoms. The lowest BCUT2D eigenvalue weighted by Crippen LogP contribution is -2.23. The number of hydrogen-bond acceptors (Lipinski definition) is 5. The van der Waals surface area contributed by atoms with Gasteiger partial charge in [-0.1, -0.05) is 0 Å². The van der Waals surface area contributed by atoms with Crippen molar-refractivity contribution < 1.29 is 22.8 Å². The molecular formula is C18H17F2N5O3. The average Bonchev–Trinajstić information content (AvgIpc) is 3.22. The molecule has 2 amide bonds. The van der Waals surface area contributed by atoms with Gasteiger partial charge in [0.1, 0.15) is 11.5 Å². The number of aryl methyl sites for hydroxylation is 3. The van der Waals surface area contributed by atoms with Gasteiger partial charge in [0, 0.05) is 18.6 Å². The van der Waals surface area contributed by atoms with E-state index >= 15 is 0 Å². The first-order valence-corrected chi connectivity index (χ1v) is 8.28. The van der Waals surface area contributed by atoms with E-state index in [1.165, 1.54) is 13.0 Å². The number of aromatic amines is 1. The number of rotatable bonds is 5. The molecule has 0 bridgehead atoms. The van der Waals surface area contributed by atoms with Crippen LogP contribution in [0.1, 0.15) is 43.8 Å². The van der Waals surface area contributed by atoms with Crippen LogP contribution >= 0.6 is 0 Å². The predicted molar refractivity (Wildman–Crippen MR) is 94.8 cm³/mol. The minimum Gasteiger partial charge on any atom is -0.444 e. The second-order valence-corrected chi connectivity index (χ2v) is 6.13. The lowest BCUT2D eigenvalue weighted by atomic mass is 10.1. The summed E-state index contributed by atoms with van der Waals surface area (Å²) in [6, 6.07) is 3.06. The van der Waals surface area contributed by atoms with Crippen molar-refractivity contribution >= 4 is 17.6 Å². The zero-order valence-corrected chi connectivity index (χ0v) is 15.3. The molecule has 0 unspecified atom stereocenters. The normalized spacial score (nSPS) is 10.8. The average molecular weight is 389 g/mol. The Bertz CT molecular complexity index is 1060. The lowest BCUT2D eigenvalue weighted by Gasteiger charge is -2.06. The van der Waals surface area contributed by atoms with Crippen molar-refractivity contribution in [1.29, 1.82) is 0 Å². The SMILES string of the molecule is Cc1nc(C)c(CNC(=O)c2cc(NC(=O)c3cc(F)c(F)cc3C)n[nH]2)o1. The molecule has 0 radical (unpaired) electrons. The zero-order chi connectivity index (χ0) is 20.4. The monoisotopic (exact) mass is 389 g/mol. The van der Waals surface area contributed by atoms with Gasteiger partial charge in [-0.3, -0.25) is 14.7 Å². The number of oxazole rings is 1. The summed E-state index contributed by atoms with van der Waals surface area (Å²) in [5.74, 6) is -2.21. The van der Waals surface area contributed by atoms with Crippen molar-refractivity contribution in [2.45, 2.75) is 27.3 Å². The van der Waals surface area contributed by atoms with E-state index in [4.69, 9.17) is 4.42 Å². The van der Waals surface area contributed by atoms with Crippen LogP contribution in [-0.2, 0) is 6.54 Å². The topological polar surface area (TPSA) is 113 Å². The first-order valence-electron chi connectivity index (χ1n) is 8.28. The Morgan fingerprint density at radius 1 is 1.11 bits per heavy atom. The molecule has 3 rings (SSSR count). The number of nitrogens with one attached hydrogen (secondary N) is 3. The molecule has 1 aromatic carbocycles. The Kier molecular flexibility index (Phi) is 5.21. The molecule has 28 heavy (non-hydrogen) atoms. The van der Waals surface area contributed by atoms with E-state index in [1.807, 2.05) is 0 Å². The highest BCUT2D eigenvalue weighted by Gasteiger charge is 2.17. The van der Waals surface area contributed by atoms with Gasteiger partial charge in [0.05, 0.1) is 12.2 Å². The fraction of sp³-hybridized carbons (Fsp3) is 0.222. The number of anilines is 1. The molecule has 0 aliphatic carbocycles. The summed E-state index contributed by atoms with van der Waals surface area (Å²) in [6.45, 7) is 5.09. The molecule has 0 fully saturated rings. The van der Waals surface area contributed by atoms with Crippen LogP contribution in [0.15, 0.2) is 22.6 Å². The fourth-order valence-corrected chi connectivity index (χ4v) is 2.57. The summed E-state index contributed by atoms with van der Waals surface area (Å²) in [5, 5.41) is 11.4. The summed E-state index contributed by atoms with van der Waals surface area (Å²) in [5.41, 5.74) is 1.01. The number of nitrogens with zero attached hydrogens (tertiary/aromatic N) is 2. The Morgan fingerprint density at radius 2 is 1.82 bits per heavy atom. The van der Waals surface area contributed by atoms with Gasteiger partial charge >= 0.3 is 0 Å². The summed E-state index contributed by atoms with van der Waals surface area (Å²) in [4.78, 5) is 28.6. The van der Waals surface area contributed by atoms with Crippen molar-refractivity contribution in [3.63, 3.8) is 0 Å². The van der Waals surface area contributed by atoms with Crippen LogP contribution in [0.2, 0.25) is 0 Å². The molecule has 2 aromatic heterocycles. The van der Waals surface area contributed by atoms with Gasteiger partial charge in [-0.15, -0.1) is 0 Å². The van der Waals surface area contributed by atoms with Crippen LogP contribution in [0.3, 0.4) is 0 Å². The Balaban J connectivity index is 1.65. The molecule has 0 aliphatic heterocycles. The highest BCUT2D eigenvalue weighted by atomic mass is 19.2. The van der Waals surface area contributed by atoms with Crippen molar-refractivity contribution in [2.75, 3.05) is 5.32 Å². The molecule has 0 spiro atoms. The second kappa shape index (κ2) is 7.59. The standard InChI is InChI=1S/C18H17F2N5O3/c1-8-4-12(19)13(20)5-11(8)17(26)23-16-6-14(24-25-16)18(27)21-7-15-9(2)22-10(3)28-15/h4-6H,7H2,1-3H3,(H,21,27)(H2,23,24,25,26). The van der Waals surface area contributed by atoms with Crippen LogP contribution in [0.4, 0.5) is 14.6 Å². The van der Waals surface area contributed by atoms with Gasteiger partial charge < -0.3 is 15.1 Å². The van der Waals surface area contributed by atoms with E-state index in [1.54, 1.807) is 13.8 Å². The van der Waals surface area contributed by atoms with Crippen molar-refractivity contribution in [2.24, 2.45) is 0 Å². The van der Waals surface area contributed by atoms with Crippen molar-refractivity contribution in [1.82, 2.24) is 20.5 Å². The van der Waals surface area contributed by atoms with Gasteiger partial charge in [0.2, 0.25) is 0 Å². The Labute approximate surface area is 158 Å². The van der Waals surface area contributed by atoms with Crippen molar-refractivity contribution in [3.8, 4) is 0 Å². The molecule has 0 saturated heterocycles. The number of carbonyl (C=O) groups excluding carboxylic acids is 2. The van der Waals surface area contributed by atoms with E-state index in [0.29, 0.717) is 17.3 Å². The number of hydrogen-bond donors (Lipinski definition) is 3. The third-order valence-electron chi connectivity index (χ3n) is 3.99. The molecule has 0 saturated carbocycles. The van der Waals surface area contributed by atoms with Gasteiger partial charge in [0.15, 0.2) is 23.3 Å². The molecule has 0 aliphatic rings. The number of amides is 2. The number of H-pyrrole nitrogens is 1.